The van der Waals surface area contributed by atoms with Crippen LogP contribution in [0.5, 0.6) is 0 Å². The second-order valence-corrected chi connectivity index (χ2v) is 8.45. The van der Waals surface area contributed by atoms with E-state index in [4.69, 9.17) is 5.14 Å². The van der Waals surface area contributed by atoms with Crippen molar-refractivity contribution in [2.45, 2.75) is 58.0 Å². The molecular formula is C15H30N4O3S. The lowest BCUT2D eigenvalue weighted by molar-refractivity contribution is -0.138. The summed E-state index contributed by atoms with van der Waals surface area (Å²) in [5.74, 6) is 0.413. The summed E-state index contributed by atoms with van der Waals surface area (Å²) in [5, 5.41) is 4.98. The maximum Gasteiger partial charge on any atom is 0.274 e. The van der Waals surface area contributed by atoms with Crippen molar-refractivity contribution in [3.63, 3.8) is 0 Å². The van der Waals surface area contributed by atoms with Crippen molar-refractivity contribution in [3.05, 3.63) is 0 Å². The van der Waals surface area contributed by atoms with Crippen LogP contribution in [0.4, 0.5) is 0 Å². The van der Waals surface area contributed by atoms with E-state index in [1.54, 1.807) is 0 Å². The number of rotatable bonds is 5. The fourth-order valence-electron chi connectivity index (χ4n) is 3.88. The molecule has 0 bridgehead atoms. The van der Waals surface area contributed by atoms with Crippen LogP contribution in [0.25, 0.3) is 0 Å². The van der Waals surface area contributed by atoms with Crippen LogP contribution in [-0.4, -0.2) is 62.4 Å². The summed E-state index contributed by atoms with van der Waals surface area (Å²) in [7, 11) is -3.64. The molecule has 8 heteroatoms. The van der Waals surface area contributed by atoms with Gasteiger partial charge in [-0.15, -0.1) is 0 Å². The van der Waals surface area contributed by atoms with Gasteiger partial charge >= 0.3 is 0 Å². The average Bonchev–Trinajstić information content (AvgIpc) is 2.44. The van der Waals surface area contributed by atoms with E-state index < -0.39 is 10.2 Å². The smallest absolute Gasteiger partial charge is 0.274 e. The molecule has 0 aromatic heterocycles. The van der Waals surface area contributed by atoms with Crippen molar-refractivity contribution in [1.82, 2.24) is 14.5 Å². The Balaban J connectivity index is 1.85. The minimum atomic E-state index is -3.64. The van der Waals surface area contributed by atoms with Gasteiger partial charge in [-0.1, -0.05) is 0 Å². The molecule has 3 N–H and O–H groups in total. The zero-order valence-electron chi connectivity index (χ0n) is 14.2. The van der Waals surface area contributed by atoms with Crippen molar-refractivity contribution in [2.24, 2.45) is 11.1 Å². The van der Waals surface area contributed by atoms with Gasteiger partial charge in [0, 0.05) is 25.2 Å². The number of amides is 1. The van der Waals surface area contributed by atoms with E-state index in [1.165, 1.54) is 6.42 Å². The van der Waals surface area contributed by atoms with E-state index in [0.29, 0.717) is 25.2 Å². The number of nitrogens with two attached hydrogens (primary N) is 1. The molecule has 0 radical (unpaired) electrons. The topological polar surface area (TPSA) is 95.7 Å². The highest BCUT2D eigenvalue weighted by atomic mass is 32.2. The molecule has 7 nitrogen and oxygen atoms in total. The minimum absolute atomic E-state index is 0.199. The van der Waals surface area contributed by atoms with Crippen LogP contribution < -0.4 is 9.86 Å². The number of nitrogens with one attached hydrogen (secondary N) is 1. The Morgan fingerprint density at radius 3 is 2.43 bits per heavy atom. The average molecular weight is 346 g/mol. The molecule has 0 saturated carbocycles. The molecule has 134 valence electrons. The van der Waals surface area contributed by atoms with Crippen molar-refractivity contribution >= 4 is 16.1 Å². The largest absolute Gasteiger partial charge is 0.336 e. The van der Waals surface area contributed by atoms with Gasteiger partial charge in [0.25, 0.3) is 10.2 Å². The van der Waals surface area contributed by atoms with Crippen LogP contribution >= 0.6 is 0 Å². The molecule has 2 aliphatic heterocycles. The third kappa shape index (κ3) is 5.70. The van der Waals surface area contributed by atoms with Gasteiger partial charge in [0.05, 0.1) is 6.54 Å². The maximum atomic E-state index is 12.7. The molecule has 2 saturated heterocycles. The maximum absolute atomic E-state index is 12.7. The Morgan fingerprint density at radius 2 is 1.83 bits per heavy atom. The zero-order chi connectivity index (χ0) is 17.0. The minimum Gasteiger partial charge on any atom is -0.336 e. The summed E-state index contributed by atoms with van der Waals surface area (Å²) in [5.41, 5.74) is 0. The summed E-state index contributed by atoms with van der Waals surface area (Å²) >= 11 is 0. The van der Waals surface area contributed by atoms with Gasteiger partial charge in [-0.25, -0.2) is 9.86 Å². The number of hydrogen-bond acceptors (Lipinski definition) is 4. The Hall–Kier alpha value is -0.700. The highest BCUT2D eigenvalue weighted by Crippen LogP contribution is 2.23. The number of hydrogen-bond donors (Lipinski definition) is 2. The summed E-state index contributed by atoms with van der Waals surface area (Å²) in [4.78, 5) is 16.8. The molecule has 2 heterocycles. The van der Waals surface area contributed by atoms with E-state index >= 15 is 0 Å². The van der Waals surface area contributed by atoms with Gasteiger partial charge in [-0.2, -0.15) is 8.42 Å². The van der Waals surface area contributed by atoms with Crippen molar-refractivity contribution in [3.8, 4) is 0 Å². The van der Waals surface area contributed by atoms with Crippen LogP contribution in [0.2, 0.25) is 0 Å². The molecule has 2 aliphatic rings. The number of piperidine rings is 2. The molecule has 0 spiro atoms. The number of carbonyl (C=O) groups excluding carboxylic acids is 1. The van der Waals surface area contributed by atoms with Crippen LogP contribution in [0.3, 0.4) is 0 Å². The van der Waals surface area contributed by atoms with E-state index in [2.05, 4.69) is 23.5 Å². The van der Waals surface area contributed by atoms with Crippen LogP contribution in [0, 0.1) is 5.92 Å². The lowest BCUT2D eigenvalue weighted by atomic mass is 9.96. The number of nitrogens with zero attached hydrogens (tertiary/aromatic N) is 2. The van der Waals surface area contributed by atoms with Crippen LogP contribution in [0.1, 0.15) is 46.0 Å². The van der Waals surface area contributed by atoms with E-state index in [-0.39, 0.29) is 11.8 Å². The second-order valence-electron chi connectivity index (χ2n) is 7.07. The van der Waals surface area contributed by atoms with Gasteiger partial charge in [-0.05, 0) is 58.4 Å². The van der Waals surface area contributed by atoms with E-state index in [9.17, 15) is 13.2 Å². The van der Waals surface area contributed by atoms with Gasteiger partial charge in [0.15, 0.2) is 0 Å². The van der Waals surface area contributed by atoms with Crippen molar-refractivity contribution < 1.29 is 13.2 Å². The summed E-state index contributed by atoms with van der Waals surface area (Å²) in [6.45, 7) is 6.67. The Bertz CT molecular complexity index is 501. The normalized spacial score (nSPS) is 30.4. The predicted molar refractivity (Wildman–Crippen MR) is 89.9 cm³/mol. The molecular weight excluding hydrogens is 316 g/mol. The van der Waals surface area contributed by atoms with Crippen LogP contribution in [0.15, 0.2) is 0 Å². The van der Waals surface area contributed by atoms with Crippen molar-refractivity contribution in [2.75, 3.05) is 26.2 Å². The summed E-state index contributed by atoms with van der Waals surface area (Å²) in [6, 6.07) is 0.631. The highest BCUT2D eigenvalue weighted by Gasteiger charge is 2.31. The summed E-state index contributed by atoms with van der Waals surface area (Å²) < 4.78 is 24.4. The summed E-state index contributed by atoms with van der Waals surface area (Å²) in [6.07, 6.45) is 5.30. The third-order valence-electron chi connectivity index (χ3n) is 5.02. The SMILES string of the molecule is CC1CCCC(C)N1C(=O)CN1CCCC(CNS(N)(=O)=O)C1. The Kier molecular flexibility index (Phi) is 6.41. The van der Waals surface area contributed by atoms with Gasteiger partial charge < -0.3 is 4.90 Å². The third-order valence-corrected chi connectivity index (χ3v) is 5.59. The second kappa shape index (κ2) is 7.92. The Morgan fingerprint density at radius 1 is 1.17 bits per heavy atom. The molecule has 3 atom stereocenters. The number of carbonyl (C=O) groups is 1. The predicted octanol–water partition coefficient (Wildman–Crippen LogP) is 0.281. The monoisotopic (exact) mass is 346 g/mol. The molecule has 0 aromatic rings. The first-order chi connectivity index (χ1) is 10.8. The fourth-order valence-corrected chi connectivity index (χ4v) is 4.35. The fraction of sp³-hybridized carbons (Fsp3) is 0.933. The molecule has 0 aromatic carbocycles. The first kappa shape index (κ1) is 18.6. The first-order valence-electron chi connectivity index (χ1n) is 8.57. The standard InChI is InChI=1S/C15H30N4O3S/c1-12-5-3-6-13(2)19(12)15(20)11-18-8-4-7-14(10-18)9-17-23(16,21)22/h12-14,17H,3-11H2,1-2H3,(H2,16,21,22). The van der Waals surface area contributed by atoms with Gasteiger partial charge in [0.1, 0.15) is 0 Å². The van der Waals surface area contributed by atoms with E-state index in [1.807, 2.05) is 4.90 Å². The molecule has 23 heavy (non-hydrogen) atoms. The number of likely N-dealkylation sites (tertiary alicyclic amines) is 2. The van der Waals surface area contributed by atoms with Crippen LogP contribution in [-0.2, 0) is 15.0 Å². The quantitative estimate of drug-likeness (QED) is 0.747. The molecule has 2 rings (SSSR count). The lowest BCUT2D eigenvalue weighted by Gasteiger charge is -2.41. The first-order valence-corrected chi connectivity index (χ1v) is 10.1. The molecule has 3 unspecified atom stereocenters. The lowest BCUT2D eigenvalue weighted by Crippen LogP contribution is -2.52. The Labute approximate surface area is 139 Å². The molecule has 0 aliphatic carbocycles. The molecule has 2 fully saturated rings. The molecule has 1 amide bonds. The van der Waals surface area contributed by atoms with Crippen molar-refractivity contribution in [1.29, 1.82) is 0 Å². The highest BCUT2D eigenvalue weighted by molar-refractivity contribution is 7.87. The zero-order valence-corrected chi connectivity index (χ0v) is 15.0. The van der Waals surface area contributed by atoms with Gasteiger partial charge in [-0.3, -0.25) is 9.69 Å². The van der Waals surface area contributed by atoms with E-state index in [0.717, 1.165) is 38.8 Å². The van der Waals surface area contributed by atoms with Gasteiger partial charge in [0.2, 0.25) is 5.91 Å².